The van der Waals surface area contributed by atoms with Gasteiger partial charge in [0.15, 0.2) is 0 Å². The van der Waals surface area contributed by atoms with Gasteiger partial charge in [-0.15, -0.1) is 11.3 Å². The third-order valence-corrected chi connectivity index (χ3v) is 3.16. The van der Waals surface area contributed by atoms with Crippen LogP contribution >= 0.6 is 11.3 Å². The van der Waals surface area contributed by atoms with Crippen molar-refractivity contribution in [2.24, 2.45) is 0 Å². The molecule has 1 aromatic heterocycles. The first-order valence-corrected chi connectivity index (χ1v) is 6.07. The summed E-state index contributed by atoms with van der Waals surface area (Å²) in [6.07, 6.45) is 1.39. The summed E-state index contributed by atoms with van der Waals surface area (Å²) in [5.74, 6) is -0.0654. The van der Waals surface area contributed by atoms with Gasteiger partial charge in [-0.25, -0.2) is 4.39 Å². The normalized spacial score (nSPS) is 10.2. The van der Waals surface area contributed by atoms with Crippen molar-refractivity contribution in [2.45, 2.75) is 6.42 Å². The second kappa shape index (κ2) is 5.59. The number of thiophene rings is 1. The average molecular weight is 250 g/mol. The van der Waals surface area contributed by atoms with Crippen LogP contribution in [0.1, 0.15) is 15.2 Å². The number of halogens is 1. The first kappa shape index (κ1) is 11.8. The highest BCUT2D eigenvalue weighted by atomic mass is 32.1. The minimum atomic E-state index is -0.458. The SMILES string of the molecule is O=Cc1cc(F)cc(OCCc2cccs2)c1. The topological polar surface area (TPSA) is 26.3 Å². The smallest absolute Gasteiger partial charge is 0.150 e. The summed E-state index contributed by atoms with van der Waals surface area (Å²) in [6, 6.07) is 7.99. The largest absolute Gasteiger partial charge is 0.493 e. The molecule has 0 aliphatic carbocycles. The highest BCUT2D eigenvalue weighted by Gasteiger charge is 2.01. The molecule has 1 heterocycles. The number of hydrogen-bond donors (Lipinski definition) is 0. The monoisotopic (exact) mass is 250 g/mol. The summed E-state index contributed by atoms with van der Waals surface area (Å²) >= 11 is 1.66. The molecule has 88 valence electrons. The predicted octanol–water partition coefficient (Wildman–Crippen LogP) is 3.32. The van der Waals surface area contributed by atoms with Gasteiger partial charge in [0.2, 0.25) is 0 Å². The van der Waals surface area contributed by atoms with Crippen molar-refractivity contribution >= 4 is 17.6 Å². The molecule has 0 aliphatic rings. The molecule has 0 bridgehead atoms. The Morgan fingerprint density at radius 2 is 2.24 bits per heavy atom. The predicted molar refractivity (Wildman–Crippen MR) is 65.3 cm³/mol. The zero-order valence-corrected chi connectivity index (χ0v) is 9.87. The van der Waals surface area contributed by atoms with Crippen LogP contribution in [0.3, 0.4) is 0 Å². The van der Waals surface area contributed by atoms with Crippen LogP contribution in [0.25, 0.3) is 0 Å². The lowest BCUT2D eigenvalue weighted by Gasteiger charge is -2.06. The van der Waals surface area contributed by atoms with Crippen LogP contribution in [0.5, 0.6) is 5.75 Å². The van der Waals surface area contributed by atoms with Gasteiger partial charge in [-0.3, -0.25) is 4.79 Å². The van der Waals surface area contributed by atoms with Gasteiger partial charge in [-0.05, 0) is 23.6 Å². The summed E-state index contributed by atoms with van der Waals surface area (Å²) in [6.45, 7) is 0.474. The summed E-state index contributed by atoms with van der Waals surface area (Å²) in [7, 11) is 0. The Labute approximate surface area is 103 Å². The molecule has 0 aliphatic heterocycles. The first-order chi connectivity index (χ1) is 8.28. The molecule has 2 rings (SSSR count). The van der Waals surface area contributed by atoms with E-state index in [9.17, 15) is 9.18 Å². The van der Waals surface area contributed by atoms with Crippen molar-refractivity contribution in [2.75, 3.05) is 6.61 Å². The van der Waals surface area contributed by atoms with E-state index in [1.807, 2.05) is 17.5 Å². The van der Waals surface area contributed by atoms with Gasteiger partial charge in [-0.1, -0.05) is 6.07 Å². The second-order valence-corrected chi connectivity index (χ2v) is 4.55. The fourth-order valence-corrected chi connectivity index (χ4v) is 2.15. The fourth-order valence-electron chi connectivity index (χ4n) is 1.46. The second-order valence-electron chi connectivity index (χ2n) is 3.52. The molecule has 0 N–H and O–H groups in total. The number of rotatable bonds is 5. The molecule has 0 radical (unpaired) electrons. The lowest BCUT2D eigenvalue weighted by Crippen LogP contribution is -2.01. The number of benzene rings is 1. The first-order valence-electron chi connectivity index (χ1n) is 5.19. The molecular formula is C13H11FO2S. The number of carbonyl (C=O) groups excluding carboxylic acids is 1. The standard InChI is InChI=1S/C13H11FO2S/c14-11-6-10(9-15)7-12(8-11)16-4-3-13-2-1-5-17-13/h1-2,5-9H,3-4H2. The van der Waals surface area contributed by atoms with Crippen LogP contribution < -0.4 is 4.74 Å². The average Bonchev–Trinajstić information content (AvgIpc) is 2.81. The Morgan fingerprint density at radius 3 is 2.94 bits per heavy atom. The number of carbonyl (C=O) groups is 1. The Hall–Kier alpha value is -1.68. The third-order valence-electron chi connectivity index (χ3n) is 2.23. The van der Waals surface area contributed by atoms with Crippen molar-refractivity contribution in [1.29, 1.82) is 0 Å². The molecule has 0 unspecified atom stereocenters. The Balaban J connectivity index is 1.94. The highest BCUT2D eigenvalue weighted by molar-refractivity contribution is 7.09. The van der Waals surface area contributed by atoms with E-state index in [1.54, 1.807) is 11.3 Å². The van der Waals surface area contributed by atoms with E-state index in [0.717, 1.165) is 6.42 Å². The van der Waals surface area contributed by atoms with E-state index >= 15 is 0 Å². The molecule has 1 aromatic carbocycles. The van der Waals surface area contributed by atoms with Crippen LogP contribution in [-0.4, -0.2) is 12.9 Å². The Kier molecular flexibility index (Phi) is 3.88. The van der Waals surface area contributed by atoms with E-state index in [4.69, 9.17) is 4.74 Å². The number of aldehydes is 1. The minimum Gasteiger partial charge on any atom is -0.493 e. The third kappa shape index (κ3) is 3.39. The van der Waals surface area contributed by atoms with E-state index < -0.39 is 5.82 Å². The molecule has 0 spiro atoms. The van der Waals surface area contributed by atoms with Crippen molar-refractivity contribution in [3.05, 3.63) is 52.0 Å². The van der Waals surface area contributed by atoms with Crippen molar-refractivity contribution in [3.8, 4) is 5.75 Å². The lowest BCUT2D eigenvalue weighted by atomic mass is 10.2. The molecule has 0 saturated heterocycles. The van der Waals surface area contributed by atoms with Crippen LogP contribution in [-0.2, 0) is 6.42 Å². The Bertz CT molecular complexity index is 494. The van der Waals surface area contributed by atoms with E-state index in [2.05, 4.69) is 0 Å². The summed E-state index contributed by atoms with van der Waals surface area (Å²) in [5.41, 5.74) is 0.288. The van der Waals surface area contributed by atoms with Crippen molar-refractivity contribution in [3.63, 3.8) is 0 Å². The summed E-state index contributed by atoms with van der Waals surface area (Å²) in [4.78, 5) is 11.8. The van der Waals surface area contributed by atoms with Gasteiger partial charge in [0.05, 0.1) is 6.61 Å². The molecule has 0 amide bonds. The number of ether oxygens (including phenoxy) is 1. The van der Waals surface area contributed by atoms with Crippen LogP contribution in [0, 0.1) is 5.82 Å². The van der Waals surface area contributed by atoms with Crippen LogP contribution in [0.15, 0.2) is 35.7 Å². The molecule has 2 aromatic rings. The van der Waals surface area contributed by atoms with Gasteiger partial charge in [0, 0.05) is 22.9 Å². The van der Waals surface area contributed by atoms with Gasteiger partial charge >= 0.3 is 0 Å². The fraction of sp³-hybridized carbons (Fsp3) is 0.154. The Morgan fingerprint density at radius 1 is 1.35 bits per heavy atom. The van der Waals surface area contributed by atoms with Crippen molar-refractivity contribution < 1.29 is 13.9 Å². The molecule has 0 saturated carbocycles. The van der Waals surface area contributed by atoms with Gasteiger partial charge in [-0.2, -0.15) is 0 Å². The van der Waals surface area contributed by atoms with E-state index in [0.29, 0.717) is 18.6 Å². The molecule has 2 nitrogen and oxygen atoms in total. The van der Waals surface area contributed by atoms with Gasteiger partial charge < -0.3 is 4.74 Å². The lowest BCUT2D eigenvalue weighted by molar-refractivity contribution is 0.112. The number of hydrogen-bond acceptors (Lipinski definition) is 3. The maximum Gasteiger partial charge on any atom is 0.150 e. The molecular weight excluding hydrogens is 239 g/mol. The molecule has 0 fully saturated rings. The maximum atomic E-state index is 13.1. The molecule has 17 heavy (non-hydrogen) atoms. The minimum absolute atomic E-state index is 0.288. The summed E-state index contributed by atoms with van der Waals surface area (Å²) in [5, 5.41) is 2.00. The quantitative estimate of drug-likeness (QED) is 0.761. The van der Waals surface area contributed by atoms with Gasteiger partial charge in [0.25, 0.3) is 0 Å². The highest BCUT2D eigenvalue weighted by Crippen LogP contribution is 2.16. The summed E-state index contributed by atoms with van der Waals surface area (Å²) < 4.78 is 18.5. The van der Waals surface area contributed by atoms with Crippen molar-refractivity contribution in [1.82, 2.24) is 0 Å². The van der Waals surface area contributed by atoms with Gasteiger partial charge in [0.1, 0.15) is 17.9 Å². The van der Waals surface area contributed by atoms with Crippen LogP contribution in [0.2, 0.25) is 0 Å². The zero-order valence-electron chi connectivity index (χ0n) is 9.06. The molecule has 4 heteroatoms. The maximum absolute atomic E-state index is 13.1. The van der Waals surface area contributed by atoms with E-state index in [-0.39, 0.29) is 5.56 Å². The zero-order chi connectivity index (χ0) is 12.1. The van der Waals surface area contributed by atoms with E-state index in [1.165, 1.54) is 23.1 Å². The van der Waals surface area contributed by atoms with Crippen LogP contribution in [0.4, 0.5) is 4.39 Å². The molecule has 0 atom stereocenters.